The second-order valence-corrected chi connectivity index (χ2v) is 3.46. The Labute approximate surface area is 92.2 Å². The number of halogens is 1. The lowest BCUT2D eigenvalue weighted by atomic mass is 10.1. The Kier molecular flexibility index (Phi) is 2.92. The van der Waals surface area contributed by atoms with Crippen LogP contribution in [0.25, 0.3) is 10.9 Å². The Bertz CT molecular complexity index is 478. The van der Waals surface area contributed by atoms with Crippen LogP contribution in [0.4, 0.5) is 0 Å². The van der Waals surface area contributed by atoms with Gasteiger partial charge < -0.3 is 9.27 Å². The van der Waals surface area contributed by atoms with Crippen molar-refractivity contribution in [2.24, 2.45) is 0 Å². The fraction of sp³-hybridized carbons (Fsp3) is 0.182. The first-order valence-corrected chi connectivity index (χ1v) is 4.98. The molecule has 0 saturated carbocycles. The van der Waals surface area contributed by atoms with Gasteiger partial charge in [-0.05, 0) is 18.1 Å². The number of rotatable bonds is 3. The van der Waals surface area contributed by atoms with Gasteiger partial charge in [-0.3, -0.25) is 4.79 Å². The van der Waals surface area contributed by atoms with Crippen LogP contribution >= 0.6 is 11.9 Å². The molecule has 0 fully saturated rings. The number of carbonyl (C=O) groups is 1. The van der Waals surface area contributed by atoms with E-state index in [9.17, 15) is 4.79 Å². The highest BCUT2D eigenvalue weighted by atomic mass is 35.5. The van der Waals surface area contributed by atoms with Crippen LogP contribution < -0.4 is 0 Å². The minimum atomic E-state index is -0.401. The molecule has 0 unspecified atom stereocenters. The molecule has 0 amide bonds. The lowest BCUT2D eigenvalue weighted by Gasteiger charge is -1.96. The van der Waals surface area contributed by atoms with Gasteiger partial charge in [-0.25, -0.2) is 0 Å². The number of aromatic amines is 1. The number of hydrogen-bond donors (Lipinski definition) is 1. The molecule has 0 aliphatic rings. The van der Waals surface area contributed by atoms with Crippen LogP contribution in [-0.2, 0) is 15.5 Å². The molecule has 1 aromatic carbocycles. The summed E-state index contributed by atoms with van der Waals surface area (Å²) >= 11 is 4.95. The minimum Gasteiger partial charge on any atom is -0.361 e. The molecule has 0 radical (unpaired) electrons. The largest absolute Gasteiger partial charge is 0.361 e. The van der Waals surface area contributed by atoms with Crippen LogP contribution in [0, 0.1) is 0 Å². The van der Waals surface area contributed by atoms with Gasteiger partial charge in [-0.2, -0.15) is 0 Å². The maximum absolute atomic E-state index is 10.9. The first kappa shape index (κ1) is 10.1. The predicted octanol–water partition coefficient (Wildman–Crippen LogP) is 2.80. The number of benzene rings is 1. The third-order valence-corrected chi connectivity index (χ3v) is 2.53. The van der Waals surface area contributed by atoms with E-state index >= 15 is 0 Å². The molecular formula is C11H10ClNO2. The molecule has 1 heterocycles. The zero-order valence-electron chi connectivity index (χ0n) is 8.00. The van der Waals surface area contributed by atoms with E-state index in [1.54, 1.807) is 0 Å². The molecule has 0 saturated heterocycles. The van der Waals surface area contributed by atoms with Crippen molar-refractivity contribution in [3.63, 3.8) is 0 Å². The van der Waals surface area contributed by atoms with Crippen molar-refractivity contribution in [2.75, 3.05) is 0 Å². The van der Waals surface area contributed by atoms with Gasteiger partial charge in [-0.1, -0.05) is 18.2 Å². The summed E-state index contributed by atoms with van der Waals surface area (Å²) in [5, 5.41) is 1.14. The summed E-state index contributed by atoms with van der Waals surface area (Å²) in [5.74, 6) is -0.401. The zero-order valence-corrected chi connectivity index (χ0v) is 8.75. The maximum Gasteiger partial charge on any atom is 0.325 e. The second kappa shape index (κ2) is 4.36. The molecule has 0 aliphatic carbocycles. The first-order valence-electron chi connectivity index (χ1n) is 4.67. The quantitative estimate of drug-likeness (QED) is 0.870. The summed E-state index contributed by atoms with van der Waals surface area (Å²) in [6.45, 7) is 0. The molecule has 4 heteroatoms. The van der Waals surface area contributed by atoms with E-state index < -0.39 is 5.97 Å². The molecular weight excluding hydrogens is 214 g/mol. The summed E-state index contributed by atoms with van der Waals surface area (Å²) < 4.78 is 4.08. The zero-order chi connectivity index (χ0) is 10.7. The number of carbonyl (C=O) groups excluding carboxylic acids is 1. The first-order chi connectivity index (χ1) is 7.31. The molecule has 2 rings (SSSR count). The van der Waals surface area contributed by atoms with Crippen molar-refractivity contribution in [1.82, 2.24) is 4.98 Å². The second-order valence-electron chi connectivity index (χ2n) is 3.31. The lowest BCUT2D eigenvalue weighted by Crippen LogP contribution is -1.98. The molecule has 0 spiro atoms. The van der Waals surface area contributed by atoms with Gasteiger partial charge in [0.25, 0.3) is 0 Å². The highest BCUT2D eigenvalue weighted by Crippen LogP contribution is 2.19. The molecule has 3 nitrogen and oxygen atoms in total. The SMILES string of the molecule is O=C(CCc1c[nH]c2ccccc12)OCl. The van der Waals surface area contributed by atoms with Crippen molar-refractivity contribution >= 4 is 28.7 Å². The predicted molar refractivity (Wildman–Crippen MR) is 58.6 cm³/mol. The van der Waals surface area contributed by atoms with Crippen LogP contribution in [0.15, 0.2) is 30.5 Å². The number of aromatic nitrogens is 1. The van der Waals surface area contributed by atoms with Crippen LogP contribution in [0.1, 0.15) is 12.0 Å². The number of hydrogen-bond acceptors (Lipinski definition) is 2. The fourth-order valence-corrected chi connectivity index (χ4v) is 1.69. The Morgan fingerprint density at radius 2 is 2.20 bits per heavy atom. The average molecular weight is 224 g/mol. The number of H-pyrrole nitrogens is 1. The highest BCUT2D eigenvalue weighted by molar-refractivity contribution is 6.13. The van der Waals surface area contributed by atoms with Gasteiger partial charge >= 0.3 is 5.97 Å². The Morgan fingerprint density at radius 3 is 3.00 bits per heavy atom. The van der Waals surface area contributed by atoms with Crippen molar-refractivity contribution in [3.05, 3.63) is 36.0 Å². The lowest BCUT2D eigenvalue weighted by molar-refractivity contribution is -0.133. The molecule has 1 N–H and O–H groups in total. The van der Waals surface area contributed by atoms with Crippen molar-refractivity contribution in [3.8, 4) is 0 Å². The third kappa shape index (κ3) is 2.13. The van der Waals surface area contributed by atoms with Gasteiger partial charge in [0.2, 0.25) is 0 Å². The maximum atomic E-state index is 10.9. The fourth-order valence-electron chi connectivity index (χ4n) is 1.61. The topological polar surface area (TPSA) is 42.1 Å². The van der Waals surface area contributed by atoms with Crippen molar-refractivity contribution < 1.29 is 9.08 Å². The molecule has 1 aromatic heterocycles. The van der Waals surface area contributed by atoms with Gasteiger partial charge in [0, 0.05) is 17.1 Å². The van der Waals surface area contributed by atoms with Gasteiger partial charge in [0.1, 0.15) is 11.9 Å². The van der Waals surface area contributed by atoms with E-state index in [1.807, 2.05) is 30.5 Å². The van der Waals surface area contributed by atoms with E-state index in [-0.39, 0.29) is 0 Å². The smallest absolute Gasteiger partial charge is 0.325 e. The normalized spacial score (nSPS) is 10.5. The summed E-state index contributed by atoms with van der Waals surface area (Å²) in [4.78, 5) is 14.0. The van der Waals surface area contributed by atoms with E-state index in [4.69, 9.17) is 11.9 Å². The van der Waals surface area contributed by atoms with E-state index in [0.717, 1.165) is 16.5 Å². The van der Waals surface area contributed by atoms with Crippen LogP contribution in [0.5, 0.6) is 0 Å². The monoisotopic (exact) mass is 223 g/mol. The molecule has 0 atom stereocenters. The Morgan fingerprint density at radius 1 is 1.40 bits per heavy atom. The summed E-state index contributed by atoms with van der Waals surface area (Å²) in [6.07, 6.45) is 2.84. The van der Waals surface area contributed by atoms with Crippen LogP contribution in [-0.4, -0.2) is 11.0 Å². The standard InChI is InChI=1S/C11H10ClNO2/c12-15-11(14)6-5-8-7-13-10-4-2-1-3-9(8)10/h1-4,7,13H,5-6H2. The van der Waals surface area contributed by atoms with Gasteiger partial charge in [0.05, 0.1) is 6.42 Å². The Hall–Kier alpha value is -1.48. The number of aryl methyl sites for hydroxylation is 1. The molecule has 0 aliphatic heterocycles. The molecule has 2 aromatic rings. The summed E-state index contributed by atoms with van der Waals surface area (Å²) in [7, 11) is 0. The molecule has 0 bridgehead atoms. The number of fused-ring (bicyclic) bond motifs is 1. The van der Waals surface area contributed by atoms with Crippen molar-refractivity contribution in [2.45, 2.75) is 12.8 Å². The average Bonchev–Trinajstić information content (AvgIpc) is 2.69. The number of nitrogens with one attached hydrogen (secondary N) is 1. The van der Waals surface area contributed by atoms with Gasteiger partial charge in [0.15, 0.2) is 0 Å². The van der Waals surface area contributed by atoms with Gasteiger partial charge in [-0.15, -0.1) is 0 Å². The van der Waals surface area contributed by atoms with Crippen LogP contribution in [0.3, 0.4) is 0 Å². The van der Waals surface area contributed by atoms with E-state index in [1.165, 1.54) is 0 Å². The van der Waals surface area contributed by atoms with Crippen molar-refractivity contribution in [1.29, 1.82) is 0 Å². The van der Waals surface area contributed by atoms with E-state index in [2.05, 4.69) is 9.27 Å². The molecule has 15 heavy (non-hydrogen) atoms. The minimum absolute atomic E-state index is 0.297. The van der Waals surface area contributed by atoms with E-state index in [0.29, 0.717) is 12.8 Å². The summed E-state index contributed by atoms with van der Waals surface area (Å²) in [5.41, 5.74) is 2.18. The molecule has 78 valence electrons. The van der Waals surface area contributed by atoms with Crippen LogP contribution in [0.2, 0.25) is 0 Å². The highest BCUT2D eigenvalue weighted by Gasteiger charge is 2.06. The number of para-hydroxylation sites is 1. The summed E-state index contributed by atoms with van der Waals surface area (Å²) in [6, 6.07) is 7.96. The Balaban J connectivity index is 2.18. The third-order valence-electron chi connectivity index (χ3n) is 2.36.